The molecule has 1 saturated heterocycles. The number of hydrogen-bond acceptors (Lipinski definition) is 2. The van der Waals surface area contributed by atoms with E-state index in [1.54, 1.807) is 0 Å². The van der Waals surface area contributed by atoms with Gasteiger partial charge in [-0.2, -0.15) is 0 Å². The highest BCUT2D eigenvalue weighted by atomic mass is 127. The third-order valence-electron chi connectivity index (χ3n) is 3.87. The molecule has 1 aliphatic rings. The first-order chi connectivity index (χ1) is 8.63. The molecule has 0 aromatic heterocycles. The molecule has 0 aromatic rings. The fraction of sp³-hybridized carbons (Fsp3) is 0.929. The first-order valence-corrected chi connectivity index (χ1v) is 7.22. The van der Waals surface area contributed by atoms with Crippen LogP contribution in [-0.4, -0.2) is 38.3 Å². The summed E-state index contributed by atoms with van der Waals surface area (Å²) in [4.78, 5) is 4.26. The SMILES string of the molecule is CCC(CC)CNC(=NC)NCC1(C)CCCO1.I. The monoisotopic (exact) mass is 383 g/mol. The van der Waals surface area contributed by atoms with Gasteiger partial charge in [0.15, 0.2) is 5.96 Å². The maximum atomic E-state index is 5.76. The summed E-state index contributed by atoms with van der Waals surface area (Å²) >= 11 is 0. The van der Waals surface area contributed by atoms with Crippen LogP contribution in [0.2, 0.25) is 0 Å². The number of halogens is 1. The second-order valence-electron chi connectivity index (χ2n) is 5.39. The summed E-state index contributed by atoms with van der Waals surface area (Å²) in [5.41, 5.74) is -0.0213. The fourth-order valence-corrected chi connectivity index (χ4v) is 2.29. The van der Waals surface area contributed by atoms with Crippen LogP contribution < -0.4 is 10.6 Å². The molecule has 1 fully saturated rings. The van der Waals surface area contributed by atoms with E-state index < -0.39 is 0 Å². The molecule has 1 atom stereocenters. The molecule has 1 heterocycles. The average molecular weight is 383 g/mol. The standard InChI is InChI=1S/C14H29N3O.HI/c1-5-12(6-2)10-16-13(15-4)17-11-14(3)8-7-9-18-14;/h12H,5-11H2,1-4H3,(H2,15,16,17);1H. The lowest BCUT2D eigenvalue weighted by Gasteiger charge is -2.25. The average Bonchev–Trinajstić information content (AvgIpc) is 2.81. The van der Waals surface area contributed by atoms with Crippen LogP contribution in [0.3, 0.4) is 0 Å². The smallest absolute Gasteiger partial charge is 0.191 e. The van der Waals surface area contributed by atoms with E-state index in [9.17, 15) is 0 Å². The highest BCUT2D eigenvalue weighted by Gasteiger charge is 2.29. The van der Waals surface area contributed by atoms with E-state index in [0.29, 0.717) is 0 Å². The van der Waals surface area contributed by atoms with Crippen molar-refractivity contribution in [3.05, 3.63) is 0 Å². The zero-order valence-corrected chi connectivity index (χ0v) is 15.1. The van der Waals surface area contributed by atoms with Gasteiger partial charge in [-0.1, -0.05) is 26.7 Å². The fourth-order valence-electron chi connectivity index (χ4n) is 2.29. The van der Waals surface area contributed by atoms with E-state index in [4.69, 9.17) is 4.74 Å². The molecule has 0 aromatic carbocycles. The molecule has 0 amide bonds. The second kappa shape index (κ2) is 9.80. The Morgan fingerprint density at radius 1 is 1.32 bits per heavy atom. The summed E-state index contributed by atoms with van der Waals surface area (Å²) < 4.78 is 5.76. The third kappa shape index (κ3) is 6.79. The van der Waals surface area contributed by atoms with E-state index in [-0.39, 0.29) is 29.6 Å². The van der Waals surface area contributed by atoms with Gasteiger partial charge in [0, 0.05) is 26.7 Å². The zero-order valence-electron chi connectivity index (χ0n) is 12.8. The van der Waals surface area contributed by atoms with Crippen molar-refractivity contribution in [1.82, 2.24) is 10.6 Å². The number of ether oxygens (including phenoxy) is 1. The van der Waals surface area contributed by atoms with Gasteiger partial charge in [-0.25, -0.2) is 0 Å². The second-order valence-corrected chi connectivity index (χ2v) is 5.39. The van der Waals surface area contributed by atoms with Gasteiger partial charge in [0.25, 0.3) is 0 Å². The van der Waals surface area contributed by atoms with Crippen molar-refractivity contribution in [3.8, 4) is 0 Å². The Hall–Kier alpha value is -0.0400. The van der Waals surface area contributed by atoms with E-state index in [1.165, 1.54) is 12.8 Å². The Bertz CT molecular complexity index is 261. The minimum atomic E-state index is -0.0213. The highest BCUT2D eigenvalue weighted by Crippen LogP contribution is 2.23. The summed E-state index contributed by atoms with van der Waals surface area (Å²) in [6.07, 6.45) is 4.71. The van der Waals surface area contributed by atoms with Gasteiger partial charge in [0.1, 0.15) is 0 Å². The highest BCUT2D eigenvalue weighted by molar-refractivity contribution is 14.0. The lowest BCUT2D eigenvalue weighted by atomic mass is 10.0. The predicted molar refractivity (Wildman–Crippen MR) is 92.4 cm³/mol. The number of nitrogens with one attached hydrogen (secondary N) is 2. The molecule has 5 heteroatoms. The number of rotatable bonds is 6. The lowest BCUT2D eigenvalue weighted by Crippen LogP contribution is -2.46. The van der Waals surface area contributed by atoms with Gasteiger partial charge in [-0.15, -0.1) is 24.0 Å². The predicted octanol–water partition coefficient (Wildman–Crippen LogP) is 2.77. The van der Waals surface area contributed by atoms with E-state index in [2.05, 4.69) is 36.4 Å². The molecule has 19 heavy (non-hydrogen) atoms. The molecule has 2 N–H and O–H groups in total. The quantitative estimate of drug-likeness (QED) is 0.421. The molecule has 114 valence electrons. The molecule has 0 aliphatic carbocycles. The van der Waals surface area contributed by atoms with Crippen LogP contribution in [0, 0.1) is 5.92 Å². The van der Waals surface area contributed by atoms with Crippen LogP contribution >= 0.6 is 24.0 Å². The number of hydrogen-bond donors (Lipinski definition) is 2. The van der Waals surface area contributed by atoms with Gasteiger partial charge in [-0.05, 0) is 25.7 Å². The summed E-state index contributed by atoms with van der Waals surface area (Å²) in [5, 5.41) is 6.77. The van der Waals surface area contributed by atoms with Gasteiger partial charge >= 0.3 is 0 Å². The molecule has 0 bridgehead atoms. The van der Waals surface area contributed by atoms with Crippen molar-refractivity contribution >= 4 is 29.9 Å². The molecule has 0 saturated carbocycles. The van der Waals surface area contributed by atoms with Crippen molar-refractivity contribution in [3.63, 3.8) is 0 Å². The van der Waals surface area contributed by atoms with Crippen molar-refractivity contribution in [2.45, 2.75) is 52.1 Å². The van der Waals surface area contributed by atoms with E-state index in [0.717, 1.165) is 44.4 Å². The largest absolute Gasteiger partial charge is 0.373 e. The van der Waals surface area contributed by atoms with Crippen LogP contribution in [0.25, 0.3) is 0 Å². The van der Waals surface area contributed by atoms with Gasteiger partial charge in [0.2, 0.25) is 0 Å². The normalized spacial score (nSPS) is 23.3. The van der Waals surface area contributed by atoms with Crippen molar-refractivity contribution < 1.29 is 4.74 Å². The van der Waals surface area contributed by atoms with Crippen LogP contribution in [0.4, 0.5) is 0 Å². The summed E-state index contributed by atoms with van der Waals surface area (Å²) in [5.74, 6) is 1.61. The van der Waals surface area contributed by atoms with Crippen molar-refractivity contribution in [1.29, 1.82) is 0 Å². The van der Waals surface area contributed by atoms with Gasteiger partial charge in [-0.3, -0.25) is 4.99 Å². The first-order valence-electron chi connectivity index (χ1n) is 7.22. The van der Waals surface area contributed by atoms with E-state index in [1.807, 2.05) is 7.05 Å². The molecule has 1 aliphatic heterocycles. The summed E-state index contributed by atoms with van der Waals surface area (Å²) in [6, 6.07) is 0. The molecule has 4 nitrogen and oxygen atoms in total. The Morgan fingerprint density at radius 3 is 2.47 bits per heavy atom. The number of guanidine groups is 1. The molecule has 0 spiro atoms. The molecular weight excluding hydrogens is 353 g/mol. The Kier molecular flexibility index (Phi) is 9.78. The third-order valence-corrected chi connectivity index (χ3v) is 3.87. The lowest BCUT2D eigenvalue weighted by molar-refractivity contribution is 0.0242. The van der Waals surface area contributed by atoms with Gasteiger partial charge < -0.3 is 15.4 Å². The maximum Gasteiger partial charge on any atom is 0.191 e. The topological polar surface area (TPSA) is 45.7 Å². The van der Waals surface area contributed by atoms with Crippen LogP contribution in [0.1, 0.15) is 46.5 Å². The first kappa shape index (κ1) is 19.0. The molecule has 1 unspecified atom stereocenters. The maximum absolute atomic E-state index is 5.76. The van der Waals surface area contributed by atoms with E-state index >= 15 is 0 Å². The van der Waals surface area contributed by atoms with Crippen molar-refractivity contribution in [2.24, 2.45) is 10.9 Å². The van der Waals surface area contributed by atoms with Gasteiger partial charge in [0.05, 0.1) is 5.60 Å². The van der Waals surface area contributed by atoms with Crippen LogP contribution in [0.5, 0.6) is 0 Å². The van der Waals surface area contributed by atoms with Crippen molar-refractivity contribution in [2.75, 3.05) is 26.7 Å². The molecular formula is C14H30IN3O. The minimum Gasteiger partial charge on any atom is -0.373 e. The zero-order chi connectivity index (χ0) is 13.4. The number of aliphatic imine (C=N–C) groups is 1. The minimum absolute atomic E-state index is 0. The van der Waals surface area contributed by atoms with Crippen LogP contribution in [0.15, 0.2) is 4.99 Å². The summed E-state index contributed by atoms with van der Waals surface area (Å²) in [7, 11) is 1.82. The molecule has 1 rings (SSSR count). The Balaban J connectivity index is 0.00000324. The summed E-state index contributed by atoms with van der Waals surface area (Å²) in [6.45, 7) is 9.35. The number of nitrogens with zero attached hydrogens (tertiary/aromatic N) is 1. The Labute approximate surface area is 135 Å². The van der Waals surface area contributed by atoms with Crippen LogP contribution in [-0.2, 0) is 4.74 Å². The Morgan fingerprint density at radius 2 is 2.00 bits per heavy atom. The molecule has 0 radical (unpaired) electrons.